The minimum atomic E-state index is -3.70. The third kappa shape index (κ3) is 3.00. The Kier molecular flexibility index (Phi) is 4.55. The number of benzene rings is 2. The van der Waals surface area contributed by atoms with Crippen molar-refractivity contribution in [2.24, 2.45) is 5.73 Å². The number of hydrogen-bond acceptors (Lipinski definition) is 7. The number of sulfone groups is 1. The van der Waals surface area contributed by atoms with E-state index < -0.39 is 26.5 Å². The lowest BCUT2D eigenvalue weighted by molar-refractivity contribution is -0.384. The largest absolute Gasteiger partial charge is 0.384 e. The lowest BCUT2D eigenvalue weighted by atomic mass is 9.87. The Morgan fingerprint density at radius 2 is 1.80 bits per heavy atom. The third-order valence-electron chi connectivity index (χ3n) is 5.21. The number of halogens is 1. The fourth-order valence-electron chi connectivity index (χ4n) is 3.87. The first-order valence-corrected chi connectivity index (χ1v) is 10.6. The van der Waals surface area contributed by atoms with Crippen molar-refractivity contribution in [1.82, 2.24) is 0 Å². The summed E-state index contributed by atoms with van der Waals surface area (Å²) >= 11 is 0. The van der Waals surface area contributed by atoms with Gasteiger partial charge in [0.05, 0.1) is 33.1 Å². The summed E-state index contributed by atoms with van der Waals surface area (Å²) in [6.45, 7) is 0. The Hall–Kier alpha value is -3.71. The number of allylic oxidation sites excluding steroid dienone is 3. The Morgan fingerprint density at radius 1 is 1.17 bits per heavy atom. The molecule has 0 unspecified atom stereocenters. The maximum Gasteiger partial charge on any atom is 0.269 e. The van der Waals surface area contributed by atoms with Crippen molar-refractivity contribution < 1.29 is 17.7 Å². The molecule has 8 nitrogen and oxygen atoms in total. The second-order valence-corrected chi connectivity index (χ2v) is 8.96. The minimum Gasteiger partial charge on any atom is -0.384 e. The Bertz CT molecular complexity index is 1260. The van der Waals surface area contributed by atoms with Gasteiger partial charge in [-0.1, -0.05) is 12.1 Å². The molecule has 2 aromatic rings. The second kappa shape index (κ2) is 6.96. The van der Waals surface area contributed by atoms with Crippen LogP contribution in [0.3, 0.4) is 0 Å². The number of nitrogens with two attached hydrogens (primary N) is 1. The summed E-state index contributed by atoms with van der Waals surface area (Å²) < 4.78 is 39.2. The molecule has 2 aliphatic rings. The molecule has 0 radical (unpaired) electrons. The van der Waals surface area contributed by atoms with Crippen molar-refractivity contribution in [3.05, 3.63) is 92.0 Å². The molecule has 0 saturated carbocycles. The first-order chi connectivity index (χ1) is 14.2. The van der Waals surface area contributed by atoms with Crippen LogP contribution < -0.4 is 10.6 Å². The molecule has 10 heteroatoms. The number of nitriles is 1. The molecule has 0 spiro atoms. The highest BCUT2D eigenvalue weighted by Crippen LogP contribution is 2.48. The topological polar surface area (TPSA) is 130 Å². The fraction of sp³-hybridized carbons (Fsp3) is 0.150. The van der Waals surface area contributed by atoms with Crippen LogP contribution in [0.25, 0.3) is 0 Å². The van der Waals surface area contributed by atoms with E-state index in [2.05, 4.69) is 0 Å². The molecule has 2 aromatic carbocycles. The van der Waals surface area contributed by atoms with Gasteiger partial charge in [-0.25, -0.2) is 12.8 Å². The van der Waals surface area contributed by atoms with Crippen LogP contribution in [0, 0.1) is 27.3 Å². The predicted molar refractivity (Wildman–Crippen MR) is 107 cm³/mol. The summed E-state index contributed by atoms with van der Waals surface area (Å²) in [7, 11) is -3.70. The Morgan fingerprint density at radius 3 is 2.37 bits per heavy atom. The second-order valence-electron chi connectivity index (χ2n) is 6.88. The van der Waals surface area contributed by atoms with Crippen LogP contribution in [0.5, 0.6) is 0 Å². The average molecular weight is 426 g/mol. The molecule has 2 heterocycles. The van der Waals surface area contributed by atoms with Crippen molar-refractivity contribution in [1.29, 1.82) is 5.26 Å². The number of rotatable bonds is 3. The standard InChI is InChI=1S/C20H15FN4O4S/c21-13-3-7-14(8-4-13)24-17-9-10-30(28,29)19(17)18(16(11-22)20(24)23)12-1-5-15(6-2-12)25(26)27/h1-8,18H,9-10,23H2/t18-/m1/s1. The summed E-state index contributed by atoms with van der Waals surface area (Å²) in [6, 6.07) is 12.7. The fourth-order valence-corrected chi connectivity index (χ4v) is 5.72. The third-order valence-corrected chi connectivity index (χ3v) is 7.09. The Labute approximate surface area is 171 Å². The van der Waals surface area contributed by atoms with Crippen molar-refractivity contribution in [3.63, 3.8) is 0 Å². The first kappa shape index (κ1) is 19.6. The zero-order valence-corrected chi connectivity index (χ0v) is 16.3. The van der Waals surface area contributed by atoms with E-state index in [0.29, 0.717) is 16.9 Å². The van der Waals surface area contributed by atoms with Gasteiger partial charge in [0.15, 0.2) is 9.84 Å². The van der Waals surface area contributed by atoms with Crippen molar-refractivity contribution in [3.8, 4) is 6.07 Å². The van der Waals surface area contributed by atoms with Gasteiger partial charge in [-0.3, -0.25) is 15.0 Å². The number of non-ortho nitro benzene ring substituents is 1. The number of hydrogen-bond donors (Lipinski definition) is 1. The molecule has 2 aliphatic heterocycles. The van der Waals surface area contributed by atoms with Crippen LogP contribution in [0.2, 0.25) is 0 Å². The van der Waals surface area contributed by atoms with E-state index in [1.54, 1.807) is 0 Å². The molecule has 30 heavy (non-hydrogen) atoms. The van der Waals surface area contributed by atoms with Gasteiger partial charge in [-0.2, -0.15) is 5.26 Å². The molecule has 152 valence electrons. The van der Waals surface area contributed by atoms with E-state index in [4.69, 9.17) is 5.73 Å². The molecule has 0 saturated heterocycles. The summed E-state index contributed by atoms with van der Waals surface area (Å²) in [5, 5.41) is 20.8. The zero-order chi connectivity index (χ0) is 21.6. The number of nitrogens with zero attached hydrogens (tertiary/aromatic N) is 3. The van der Waals surface area contributed by atoms with Gasteiger partial charge in [0.2, 0.25) is 0 Å². The SMILES string of the molecule is N#CC1=C(N)N(c2ccc(F)cc2)C2=C([C@@H]1c1ccc([N+](=O)[O-])cc1)S(=O)(=O)CC2. The molecule has 0 fully saturated rings. The maximum absolute atomic E-state index is 13.4. The summed E-state index contributed by atoms with van der Waals surface area (Å²) in [4.78, 5) is 11.9. The quantitative estimate of drug-likeness (QED) is 0.589. The highest BCUT2D eigenvalue weighted by atomic mass is 32.2. The van der Waals surface area contributed by atoms with Gasteiger partial charge in [0.1, 0.15) is 11.6 Å². The normalized spacial score (nSPS) is 20.1. The monoisotopic (exact) mass is 426 g/mol. The zero-order valence-electron chi connectivity index (χ0n) is 15.4. The van der Waals surface area contributed by atoms with Crippen LogP contribution in [-0.4, -0.2) is 19.1 Å². The van der Waals surface area contributed by atoms with Gasteiger partial charge >= 0.3 is 0 Å². The molecule has 0 aliphatic carbocycles. The van der Waals surface area contributed by atoms with Crippen LogP contribution in [-0.2, 0) is 9.84 Å². The predicted octanol–water partition coefficient (Wildman–Crippen LogP) is 3.06. The van der Waals surface area contributed by atoms with Crippen LogP contribution in [0.4, 0.5) is 15.8 Å². The van der Waals surface area contributed by atoms with E-state index in [1.807, 2.05) is 6.07 Å². The van der Waals surface area contributed by atoms with Crippen molar-refractivity contribution >= 4 is 21.2 Å². The average Bonchev–Trinajstić information content (AvgIpc) is 3.03. The van der Waals surface area contributed by atoms with Crippen molar-refractivity contribution in [2.75, 3.05) is 10.7 Å². The molecule has 2 N–H and O–H groups in total. The molecule has 4 rings (SSSR count). The minimum absolute atomic E-state index is 0.0115. The highest BCUT2D eigenvalue weighted by molar-refractivity contribution is 7.95. The van der Waals surface area contributed by atoms with E-state index in [9.17, 15) is 28.2 Å². The van der Waals surface area contributed by atoms with E-state index in [0.717, 1.165) is 0 Å². The summed E-state index contributed by atoms with van der Waals surface area (Å²) in [5.74, 6) is -1.53. The van der Waals surface area contributed by atoms with E-state index in [1.165, 1.54) is 53.4 Å². The molecule has 0 aromatic heterocycles. The van der Waals surface area contributed by atoms with Crippen LogP contribution in [0.1, 0.15) is 17.9 Å². The number of anilines is 1. The van der Waals surface area contributed by atoms with Crippen LogP contribution >= 0.6 is 0 Å². The smallest absolute Gasteiger partial charge is 0.269 e. The van der Waals surface area contributed by atoms with Crippen molar-refractivity contribution in [2.45, 2.75) is 12.3 Å². The van der Waals surface area contributed by atoms with Gasteiger partial charge in [0.25, 0.3) is 5.69 Å². The number of nitro groups is 1. The van der Waals surface area contributed by atoms with Gasteiger partial charge < -0.3 is 5.73 Å². The molecular weight excluding hydrogens is 411 g/mol. The molecule has 0 amide bonds. The lowest BCUT2D eigenvalue weighted by Crippen LogP contribution is -2.34. The first-order valence-electron chi connectivity index (χ1n) is 8.90. The van der Waals surface area contributed by atoms with Gasteiger partial charge in [-0.15, -0.1) is 0 Å². The molecule has 0 bridgehead atoms. The molecule has 1 atom stereocenters. The maximum atomic E-state index is 13.4. The Balaban J connectivity index is 1.94. The van der Waals surface area contributed by atoms with Gasteiger partial charge in [0, 0.05) is 29.9 Å². The summed E-state index contributed by atoms with van der Waals surface area (Å²) in [6.07, 6.45) is 0.179. The van der Waals surface area contributed by atoms with E-state index in [-0.39, 0.29) is 34.2 Å². The lowest BCUT2D eigenvalue weighted by Gasteiger charge is -2.35. The summed E-state index contributed by atoms with van der Waals surface area (Å²) in [5.41, 5.74) is 7.44. The number of nitro benzene ring substituents is 1. The van der Waals surface area contributed by atoms with Crippen LogP contribution in [0.15, 0.2) is 70.5 Å². The highest BCUT2D eigenvalue weighted by Gasteiger charge is 2.45. The molecular formula is C20H15FN4O4S. The van der Waals surface area contributed by atoms with E-state index >= 15 is 0 Å². The van der Waals surface area contributed by atoms with Gasteiger partial charge in [-0.05, 0) is 29.8 Å².